The number of nitrogens with zero attached hydrogens (tertiary/aromatic N) is 1. The Morgan fingerprint density at radius 3 is 3.14 bits per heavy atom. The van der Waals surface area contributed by atoms with Crippen LogP contribution in [-0.4, -0.2) is 11.3 Å². The van der Waals surface area contributed by atoms with Crippen LogP contribution in [-0.2, 0) is 11.2 Å². The zero-order chi connectivity index (χ0) is 9.97. The zero-order valence-corrected chi connectivity index (χ0v) is 9.77. The topological polar surface area (TPSA) is 30.0 Å². The first-order valence-corrected chi connectivity index (χ1v) is 5.89. The minimum absolute atomic E-state index is 0.557. The SMILES string of the molecule is O=CCCc1nc2ccc(Br)cc2s1. The molecule has 0 radical (unpaired) electrons. The van der Waals surface area contributed by atoms with Gasteiger partial charge in [0.15, 0.2) is 0 Å². The molecule has 2 aromatic rings. The molecule has 0 saturated heterocycles. The molecule has 2 nitrogen and oxygen atoms in total. The first-order chi connectivity index (χ1) is 6.79. The number of aromatic nitrogens is 1. The van der Waals surface area contributed by atoms with E-state index in [9.17, 15) is 4.79 Å². The van der Waals surface area contributed by atoms with Gasteiger partial charge in [-0.25, -0.2) is 4.98 Å². The summed E-state index contributed by atoms with van der Waals surface area (Å²) in [5, 5.41) is 1.03. The quantitative estimate of drug-likeness (QED) is 0.802. The maximum atomic E-state index is 10.2. The standard InChI is InChI=1S/C10H8BrNOS/c11-7-3-4-8-9(6-7)14-10(12-8)2-1-5-13/h3-6H,1-2H2. The molecule has 0 spiro atoms. The summed E-state index contributed by atoms with van der Waals surface area (Å²) in [7, 11) is 0. The van der Waals surface area contributed by atoms with Crippen molar-refractivity contribution in [2.75, 3.05) is 0 Å². The summed E-state index contributed by atoms with van der Waals surface area (Å²) in [6.07, 6.45) is 2.24. The van der Waals surface area contributed by atoms with Gasteiger partial charge in [-0.15, -0.1) is 11.3 Å². The first-order valence-electron chi connectivity index (χ1n) is 4.28. The number of carbonyl (C=O) groups is 1. The molecular weight excluding hydrogens is 262 g/mol. The van der Waals surface area contributed by atoms with Crippen LogP contribution < -0.4 is 0 Å². The lowest BCUT2D eigenvalue weighted by Crippen LogP contribution is -1.83. The van der Waals surface area contributed by atoms with E-state index in [1.54, 1.807) is 11.3 Å². The third kappa shape index (κ3) is 2.01. The number of aldehydes is 1. The van der Waals surface area contributed by atoms with Crippen molar-refractivity contribution in [3.63, 3.8) is 0 Å². The van der Waals surface area contributed by atoms with E-state index >= 15 is 0 Å². The van der Waals surface area contributed by atoms with Gasteiger partial charge in [0.1, 0.15) is 6.29 Å². The molecule has 0 saturated carbocycles. The molecule has 1 heterocycles. The number of fused-ring (bicyclic) bond motifs is 1. The van der Waals surface area contributed by atoms with Crippen LogP contribution in [0.25, 0.3) is 10.2 Å². The Kier molecular flexibility index (Phi) is 2.93. The highest BCUT2D eigenvalue weighted by Crippen LogP contribution is 2.25. The summed E-state index contributed by atoms with van der Waals surface area (Å²) in [6, 6.07) is 6.02. The number of halogens is 1. The van der Waals surface area contributed by atoms with Crippen molar-refractivity contribution in [2.24, 2.45) is 0 Å². The van der Waals surface area contributed by atoms with Gasteiger partial charge < -0.3 is 4.79 Å². The Hall–Kier alpha value is -0.740. The molecule has 14 heavy (non-hydrogen) atoms. The lowest BCUT2D eigenvalue weighted by Gasteiger charge is -1.87. The third-order valence-electron chi connectivity index (χ3n) is 1.87. The Bertz CT molecular complexity index is 466. The molecule has 0 N–H and O–H groups in total. The molecule has 2 rings (SSSR count). The van der Waals surface area contributed by atoms with Crippen LogP contribution >= 0.6 is 27.3 Å². The average Bonchev–Trinajstić information content (AvgIpc) is 2.56. The monoisotopic (exact) mass is 269 g/mol. The van der Waals surface area contributed by atoms with Crippen molar-refractivity contribution in [1.29, 1.82) is 0 Å². The van der Waals surface area contributed by atoms with E-state index in [-0.39, 0.29) is 0 Å². The number of benzene rings is 1. The number of carbonyl (C=O) groups excluding carboxylic acids is 1. The Balaban J connectivity index is 2.36. The summed E-state index contributed by atoms with van der Waals surface area (Å²) >= 11 is 5.07. The van der Waals surface area contributed by atoms with Gasteiger partial charge in [0.2, 0.25) is 0 Å². The fourth-order valence-corrected chi connectivity index (χ4v) is 2.77. The number of hydrogen-bond donors (Lipinski definition) is 0. The summed E-state index contributed by atoms with van der Waals surface area (Å²) in [5.74, 6) is 0. The highest BCUT2D eigenvalue weighted by Gasteiger charge is 2.03. The minimum atomic E-state index is 0.557. The van der Waals surface area contributed by atoms with E-state index in [0.29, 0.717) is 6.42 Å². The van der Waals surface area contributed by atoms with Gasteiger partial charge >= 0.3 is 0 Å². The fourth-order valence-electron chi connectivity index (χ4n) is 1.24. The Morgan fingerprint density at radius 2 is 2.36 bits per heavy atom. The van der Waals surface area contributed by atoms with Crippen LogP contribution in [0.5, 0.6) is 0 Å². The van der Waals surface area contributed by atoms with Crippen molar-refractivity contribution < 1.29 is 4.79 Å². The van der Waals surface area contributed by atoms with Crippen LogP contribution in [0.4, 0.5) is 0 Å². The molecule has 0 bridgehead atoms. The summed E-state index contributed by atoms with van der Waals surface area (Å²) in [6.45, 7) is 0. The van der Waals surface area contributed by atoms with Gasteiger partial charge in [-0.1, -0.05) is 15.9 Å². The van der Waals surface area contributed by atoms with Gasteiger partial charge in [-0.05, 0) is 18.2 Å². The second-order valence-electron chi connectivity index (χ2n) is 2.92. The van der Waals surface area contributed by atoms with Gasteiger partial charge in [0.25, 0.3) is 0 Å². The zero-order valence-electron chi connectivity index (χ0n) is 7.37. The number of aryl methyl sites for hydroxylation is 1. The molecule has 72 valence electrons. The van der Waals surface area contributed by atoms with Gasteiger partial charge in [-0.2, -0.15) is 0 Å². The molecule has 0 aliphatic rings. The highest BCUT2D eigenvalue weighted by molar-refractivity contribution is 9.10. The normalized spacial score (nSPS) is 10.6. The summed E-state index contributed by atoms with van der Waals surface area (Å²) in [4.78, 5) is 14.6. The molecule has 0 fully saturated rings. The summed E-state index contributed by atoms with van der Waals surface area (Å²) in [5.41, 5.74) is 1.01. The predicted octanol–water partition coefficient (Wildman–Crippen LogP) is 3.19. The molecular formula is C10H8BrNOS. The molecule has 0 atom stereocenters. The van der Waals surface area contributed by atoms with Crippen LogP contribution in [0, 0.1) is 0 Å². The number of rotatable bonds is 3. The molecule has 0 aliphatic heterocycles. The van der Waals surface area contributed by atoms with E-state index in [1.165, 1.54) is 4.70 Å². The number of hydrogen-bond acceptors (Lipinski definition) is 3. The van der Waals surface area contributed by atoms with Crippen molar-refractivity contribution >= 4 is 43.8 Å². The Labute approximate surface area is 94.1 Å². The minimum Gasteiger partial charge on any atom is -0.303 e. The van der Waals surface area contributed by atoms with Crippen LogP contribution in [0.3, 0.4) is 0 Å². The lowest BCUT2D eigenvalue weighted by atomic mass is 10.3. The number of thiazole rings is 1. The largest absolute Gasteiger partial charge is 0.303 e. The highest BCUT2D eigenvalue weighted by atomic mass is 79.9. The molecule has 0 unspecified atom stereocenters. The van der Waals surface area contributed by atoms with Crippen molar-refractivity contribution in [2.45, 2.75) is 12.8 Å². The van der Waals surface area contributed by atoms with Crippen molar-refractivity contribution in [1.82, 2.24) is 4.98 Å². The maximum Gasteiger partial charge on any atom is 0.120 e. The summed E-state index contributed by atoms with van der Waals surface area (Å²) < 4.78 is 2.23. The fraction of sp³-hybridized carbons (Fsp3) is 0.200. The van der Waals surface area contributed by atoms with E-state index < -0.39 is 0 Å². The van der Waals surface area contributed by atoms with E-state index in [2.05, 4.69) is 27.0 Å². The predicted molar refractivity (Wildman–Crippen MR) is 61.7 cm³/mol. The second-order valence-corrected chi connectivity index (χ2v) is 4.96. The molecule has 1 aromatic heterocycles. The van der Waals surface area contributed by atoms with E-state index in [0.717, 1.165) is 27.7 Å². The second kappa shape index (κ2) is 4.19. The van der Waals surface area contributed by atoms with E-state index in [4.69, 9.17) is 0 Å². The van der Waals surface area contributed by atoms with E-state index in [1.807, 2.05) is 12.1 Å². The average molecular weight is 270 g/mol. The third-order valence-corrected chi connectivity index (χ3v) is 3.44. The lowest BCUT2D eigenvalue weighted by molar-refractivity contribution is -0.107. The van der Waals surface area contributed by atoms with Crippen LogP contribution in [0.15, 0.2) is 22.7 Å². The smallest absolute Gasteiger partial charge is 0.120 e. The van der Waals surface area contributed by atoms with Crippen molar-refractivity contribution in [3.05, 3.63) is 27.7 Å². The van der Waals surface area contributed by atoms with Gasteiger partial charge in [0, 0.05) is 17.3 Å². The van der Waals surface area contributed by atoms with Gasteiger partial charge in [-0.3, -0.25) is 0 Å². The molecule has 0 aliphatic carbocycles. The molecule has 1 aromatic carbocycles. The Morgan fingerprint density at radius 1 is 1.50 bits per heavy atom. The van der Waals surface area contributed by atoms with Gasteiger partial charge in [0.05, 0.1) is 15.2 Å². The molecule has 0 amide bonds. The molecule has 4 heteroatoms. The van der Waals surface area contributed by atoms with Crippen LogP contribution in [0.2, 0.25) is 0 Å². The first kappa shape index (κ1) is 9.80. The van der Waals surface area contributed by atoms with Crippen LogP contribution in [0.1, 0.15) is 11.4 Å². The maximum absolute atomic E-state index is 10.2. The van der Waals surface area contributed by atoms with Crippen molar-refractivity contribution in [3.8, 4) is 0 Å².